The number of nitrogens with zero attached hydrogens (tertiary/aromatic N) is 4. The van der Waals surface area contributed by atoms with Gasteiger partial charge >= 0.3 is 0 Å². The molecule has 25 heavy (non-hydrogen) atoms. The number of fused-ring (bicyclic) bond motifs is 1. The van der Waals surface area contributed by atoms with Crippen LogP contribution in [0.5, 0.6) is 0 Å². The summed E-state index contributed by atoms with van der Waals surface area (Å²) in [5.74, 6) is 1.01. The van der Waals surface area contributed by atoms with E-state index >= 15 is 0 Å². The van der Waals surface area contributed by atoms with E-state index in [9.17, 15) is 4.79 Å². The Bertz CT molecular complexity index is 1130. The van der Waals surface area contributed by atoms with E-state index in [0.29, 0.717) is 21.2 Å². The summed E-state index contributed by atoms with van der Waals surface area (Å²) >= 11 is 1.35. The normalized spacial score (nSPS) is 12.4. The van der Waals surface area contributed by atoms with Crippen LogP contribution in [0.15, 0.2) is 53.6 Å². The molecule has 0 aliphatic rings. The Morgan fingerprint density at radius 1 is 1.16 bits per heavy atom. The van der Waals surface area contributed by atoms with Gasteiger partial charge in [0.1, 0.15) is 0 Å². The van der Waals surface area contributed by atoms with Crippen molar-refractivity contribution in [3.8, 4) is 11.4 Å². The Balaban J connectivity index is 1.75. The fourth-order valence-electron chi connectivity index (χ4n) is 2.58. The second kappa shape index (κ2) is 6.22. The summed E-state index contributed by atoms with van der Waals surface area (Å²) in [7, 11) is 0. The fraction of sp³-hybridized carbons (Fsp3) is 0.158. The molecule has 4 rings (SSSR count). The van der Waals surface area contributed by atoms with Crippen molar-refractivity contribution in [1.29, 1.82) is 0 Å². The van der Waals surface area contributed by atoms with Crippen LogP contribution < -0.4 is 10.1 Å². The molecule has 4 aromatic rings. The summed E-state index contributed by atoms with van der Waals surface area (Å²) < 4.78 is 1.99. The van der Waals surface area contributed by atoms with E-state index in [1.165, 1.54) is 21.4 Å². The molecule has 124 valence electrons. The Morgan fingerprint density at radius 2 is 1.96 bits per heavy atom. The molecule has 0 aliphatic heterocycles. The highest BCUT2D eigenvalue weighted by molar-refractivity contribution is 7.15. The third kappa shape index (κ3) is 2.96. The molecule has 3 aromatic heterocycles. The van der Waals surface area contributed by atoms with Gasteiger partial charge in [-0.05, 0) is 35.3 Å². The quantitative estimate of drug-likeness (QED) is 0.571. The zero-order valence-corrected chi connectivity index (χ0v) is 14.7. The van der Waals surface area contributed by atoms with Crippen LogP contribution in [-0.4, -0.2) is 19.6 Å². The van der Waals surface area contributed by atoms with Crippen molar-refractivity contribution >= 4 is 22.4 Å². The molecule has 0 amide bonds. The Labute approximate surface area is 148 Å². The van der Waals surface area contributed by atoms with Gasteiger partial charge in [0.25, 0.3) is 5.56 Å². The minimum Gasteiger partial charge on any atom is -0.266 e. The van der Waals surface area contributed by atoms with Crippen LogP contribution in [0.1, 0.15) is 30.9 Å². The van der Waals surface area contributed by atoms with Crippen LogP contribution in [0.4, 0.5) is 0 Å². The van der Waals surface area contributed by atoms with Crippen molar-refractivity contribution in [3.63, 3.8) is 0 Å². The lowest BCUT2D eigenvalue weighted by Gasteiger charge is -2.04. The maximum atomic E-state index is 12.6. The standard InChI is InChI=1S/C19H16N4OS/c1-12(2)14-7-5-13(6-8-14)10-16-18(24)23-19(25-16)21-17(22-23)15-4-3-9-20-11-15/h3-12H,1-2H3/b16-10-. The molecular formula is C19H16N4OS. The lowest BCUT2D eigenvalue weighted by atomic mass is 10.0. The van der Waals surface area contributed by atoms with Crippen molar-refractivity contribution in [3.05, 3.63) is 74.8 Å². The zero-order chi connectivity index (χ0) is 17.4. The molecule has 6 heteroatoms. The molecule has 0 unspecified atom stereocenters. The van der Waals surface area contributed by atoms with E-state index in [0.717, 1.165) is 11.1 Å². The summed E-state index contributed by atoms with van der Waals surface area (Å²) in [6.07, 6.45) is 5.27. The van der Waals surface area contributed by atoms with Crippen LogP contribution in [0, 0.1) is 0 Å². The van der Waals surface area contributed by atoms with Gasteiger partial charge in [0.05, 0.1) is 4.53 Å². The molecule has 0 atom stereocenters. The third-order valence-electron chi connectivity index (χ3n) is 4.00. The first-order valence-corrected chi connectivity index (χ1v) is 8.85. The van der Waals surface area contributed by atoms with Gasteiger partial charge in [0, 0.05) is 18.0 Å². The number of benzene rings is 1. The predicted octanol–water partition coefficient (Wildman–Crippen LogP) is 2.88. The highest BCUT2D eigenvalue weighted by Gasteiger charge is 2.11. The third-order valence-corrected chi connectivity index (χ3v) is 4.96. The molecule has 0 saturated carbocycles. The molecule has 0 radical (unpaired) electrons. The second-order valence-corrected chi connectivity index (χ2v) is 7.12. The molecule has 3 heterocycles. The van der Waals surface area contributed by atoms with Crippen molar-refractivity contribution in [2.75, 3.05) is 0 Å². The van der Waals surface area contributed by atoms with Crippen LogP contribution >= 0.6 is 11.3 Å². The lowest BCUT2D eigenvalue weighted by molar-refractivity contribution is 0.866. The van der Waals surface area contributed by atoms with E-state index in [-0.39, 0.29) is 5.56 Å². The van der Waals surface area contributed by atoms with Crippen molar-refractivity contribution < 1.29 is 0 Å². The van der Waals surface area contributed by atoms with Gasteiger partial charge in [0.2, 0.25) is 4.96 Å². The minimum absolute atomic E-state index is 0.143. The number of aromatic nitrogens is 4. The maximum absolute atomic E-state index is 12.6. The lowest BCUT2D eigenvalue weighted by Crippen LogP contribution is -2.23. The SMILES string of the molecule is CC(C)c1ccc(/C=c2\sc3nc(-c4cccnc4)nn3c2=O)cc1. The van der Waals surface area contributed by atoms with Gasteiger partial charge in [-0.3, -0.25) is 9.78 Å². The molecule has 0 aliphatic carbocycles. The highest BCUT2D eigenvalue weighted by Crippen LogP contribution is 2.16. The number of rotatable bonds is 3. The molecule has 1 aromatic carbocycles. The van der Waals surface area contributed by atoms with Crippen LogP contribution in [0.3, 0.4) is 0 Å². The average Bonchev–Trinajstić information content (AvgIpc) is 3.16. The number of thiazole rings is 1. The predicted molar refractivity (Wildman–Crippen MR) is 99.7 cm³/mol. The molecule has 0 fully saturated rings. The Morgan fingerprint density at radius 3 is 2.60 bits per heavy atom. The van der Waals surface area contributed by atoms with Gasteiger partial charge < -0.3 is 0 Å². The van der Waals surface area contributed by atoms with Crippen LogP contribution in [0.2, 0.25) is 0 Å². The molecule has 5 nitrogen and oxygen atoms in total. The summed E-state index contributed by atoms with van der Waals surface area (Å²) in [4.78, 5) is 21.7. The first kappa shape index (κ1) is 15.7. The zero-order valence-electron chi connectivity index (χ0n) is 13.9. The highest BCUT2D eigenvalue weighted by atomic mass is 32.1. The topological polar surface area (TPSA) is 60.1 Å². The van der Waals surface area contributed by atoms with Gasteiger partial charge in [-0.1, -0.05) is 49.4 Å². The molecule has 0 spiro atoms. The summed E-state index contributed by atoms with van der Waals surface area (Å²) in [5.41, 5.74) is 2.94. The summed E-state index contributed by atoms with van der Waals surface area (Å²) in [6.45, 7) is 4.32. The molecule has 0 bridgehead atoms. The summed E-state index contributed by atoms with van der Waals surface area (Å²) in [6, 6.07) is 12.0. The van der Waals surface area contributed by atoms with Crippen molar-refractivity contribution in [2.24, 2.45) is 0 Å². The fourth-order valence-corrected chi connectivity index (χ4v) is 3.49. The Kier molecular flexibility index (Phi) is 3.89. The average molecular weight is 348 g/mol. The van der Waals surface area contributed by atoms with E-state index in [1.807, 2.05) is 30.3 Å². The first-order chi connectivity index (χ1) is 12.1. The first-order valence-electron chi connectivity index (χ1n) is 8.03. The molecular weight excluding hydrogens is 332 g/mol. The maximum Gasteiger partial charge on any atom is 0.291 e. The number of pyridine rings is 1. The Hall–Kier alpha value is -2.86. The molecule has 0 saturated heterocycles. The number of hydrogen-bond donors (Lipinski definition) is 0. The minimum atomic E-state index is -0.143. The molecule has 0 N–H and O–H groups in total. The van der Waals surface area contributed by atoms with Gasteiger partial charge in [-0.15, -0.1) is 5.10 Å². The van der Waals surface area contributed by atoms with E-state index in [2.05, 4.69) is 41.0 Å². The van der Waals surface area contributed by atoms with E-state index in [4.69, 9.17) is 0 Å². The second-order valence-electron chi connectivity index (χ2n) is 6.11. The largest absolute Gasteiger partial charge is 0.291 e. The number of hydrogen-bond acceptors (Lipinski definition) is 5. The monoisotopic (exact) mass is 348 g/mol. The van der Waals surface area contributed by atoms with Gasteiger partial charge in [0.15, 0.2) is 5.82 Å². The van der Waals surface area contributed by atoms with Crippen LogP contribution in [-0.2, 0) is 0 Å². The van der Waals surface area contributed by atoms with Crippen LogP contribution in [0.25, 0.3) is 22.4 Å². The summed E-state index contributed by atoms with van der Waals surface area (Å²) in [5, 5.41) is 4.33. The van der Waals surface area contributed by atoms with Crippen molar-refractivity contribution in [1.82, 2.24) is 19.6 Å². The van der Waals surface area contributed by atoms with E-state index in [1.54, 1.807) is 12.4 Å². The van der Waals surface area contributed by atoms with Gasteiger partial charge in [-0.2, -0.15) is 9.50 Å². The van der Waals surface area contributed by atoms with Crippen molar-refractivity contribution in [2.45, 2.75) is 19.8 Å². The van der Waals surface area contributed by atoms with Gasteiger partial charge in [-0.25, -0.2) is 0 Å². The smallest absolute Gasteiger partial charge is 0.266 e. The van der Waals surface area contributed by atoms with E-state index < -0.39 is 0 Å².